The second-order valence-electron chi connectivity index (χ2n) is 1.33. The smallest absolute Gasteiger partial charge is 0.442 e. The Morgan fingerprint density at radius 3 is 2.75 bits per heavy atom. The fourth-order valence-electron chi connectivity index (χ4n) is 0.421. The molecule has 0 fully saturated rings. The summed E-state index contributed by atoms with van der Waals surface area (Å²) >= 11 is 0. The number of hydrogen-bond acceptors (Lipinski definition) is 1. The maximum Gasteiger partial charge on any atom is 2.00 e. The summed E-state index contributed by atoms with van der Waals surface area (Å²) in [5, 5.41) is 0. The second-order valence-corrected chi connectivity index (χ2v) is 1.33. The van der Waals surface area contributed by atoms with Crippen LogP contribution in [0.2, 0.25) is 0 Å². The molecule has 1 aromatic heterocycles. The van der Waals surface area contributed by atoms with Crippen molar-refractivity contribution >= 4 is 0 Å². The van der Waals surface area contributed by atoms with Gasteiger partial charge in [0.05, 0.1) is 0 Å². The standard InChI is InChI=1S/C5H7N2.V/c1-2-7-4-3-6-5-7;/h4-5H,2H2,1H3;/q-1;+2. The molecule has 3 heteroatoms. The minimum Gasteiger partial charge on any atom is -0.442 e. The Morgan fingerprint density at radius 1 is 1.75 bits per heavy atom. The van der Waals surface area contributed by atoms with Crippen LogP contribution in [0.25, 0.3) is 0 Å². The number of rotatable bonds is 1. The van der Waals surface area contributed by atoms with E-state index in [4.69, 9.17) is 0 Å². The first-order valence-corrected chi connectivity index (χ1v) is 2.31. The summed E-state index contributed by atoms with van der Waals surface area (Å²) in [5.41, 5.74) is 0. The monoisotopic (exact) mass is 146 g/mol. The minimum atomic E-state index is 0. The van der Waals surface area contributed by atoms with Crippen molar-refractivity contribution in [3.63, 3.8) is 0 Å². The average Bonchev–Trinajstić information content (AvgIpc) is 2.14. The van der Waals surface area contributed by atoms with Crippen molar-refractivity contribution in [1.29, 1.82) is 0 Å². The summed E-state index contributed by atoms with van der Waals surface area (Å²) in [6.45, 7) is 3.05. The van der Waals surface area contributed by atoms with Gasteiger partial charge in [0.1, 0.15) is 0 Å². The molecule has 0 aliphatic rings. The molecule has 0 N–H and O–H groups in total. The van der Waals surface area contributed by atoms with E-state index in [1.54, 1.807) is 6.33 Å². The SMILES string of the molecule is CCn1c[c-]nc1.[V+2]. The van der Waals surface area contributed by atoms with Crippen LogP contribution in [-0.4, -0.2) is 9.55 Å². The molecule has 0 saturated heterocycles. The van der Waals surface area contributed by atoms with Gasteiger partial charge in [0.2, 0.25) is 0 Å². The van der Waals surface area contributed by atoms with Crippen molar-refractivity contribution in [1.82, 2.24) is 9.55 Å². The van der Waals surface area contributed by atoms with E-state index in [1.807, 2.05) is 10.8 Å². The largest absolute Gasteiger partial charge is 2.00 e. The molecule has 0 aliphatic carbocycles. The molecule has 0 atom stereocenters. The molecule has 1 aromatic rings. The van der Waals surface area contributed by atoms with Crippen molar-refractivity contribution in [2.24, 2.45) is 0 Å². The van der Waals surface area contributed by atoms with E-state index in [0.717, 1.165) is 6.54 Å². The van der Waals surface area contributed by atoms with E-state index in [1.165, 1.54) is 0 Å². The molecule has 0 bridgehead atoms. The molecule has 0 unspecified atom stereocenters. The van der Waals surface area contributed by atoms with Crippen molar-refractivity contribution < 1.29 is 18.6 Å². The van der Waals surface area contributed by atoms with Crippen LogP contribution in [0.1, 0.15) is 6.92 Å². The summed E-state index contributed by atoms with van der Waals surface area (Å²) in [6.07, 6.45) is 6.26. The topological polar surface area (TPSA) is 17.8 Å². The molecule has 0 aromatic carbocycles. The predicted molar refractivity (Wildman–Crippen MR) is 26.7 cm³/mol. The zero-order valence-corrected chi connectivity index (χ0v) is 6.10. The molecular weight excluding hydrogens is 139 g/mol. The summed E-state index contributed by atoms with van der Waals surface area (Å²) in [4.78, 5) is 3.73. The summed E-state index contributed by atoms with van der Waals surface area (Å²) in [5.74, 6) is 0. The van der Waals surface area contributed by atoms with Gasteiger partial charge in [-0.1, -0.05) is 12.5 Å². The van der Waals surface area contributed by atoms with Gasteiger partial charge in [-0.25, -0.2) is 0 Å². The quantitative estimate of drug-likeness (QED) is 0.533. The van der Waals surface area contributed by atoms with Gasteiger partial charge in [0.15, 0.2) is 0 Å². The summed E-state index contributed by atoms with van der Waals surface area (Å²) < 4.78 is 1.96. The van der Waals surface area contributed by atoms with Crippen LogP contribution >= 0.6 is 0 Å². The third kappa shape index (κ3) is 1.72. The van der Waals surface area contributed by atoms with Gasteiger partial charge < -0.3 is 9.55 Å². The molecule has 2 nitrogen and oxygen atoms in total. The molecule has 41 valence electrons. The van der Waals surface area contributed by atoms with Crippen LogP contribution in [-0.2, 0) is 25.1 Å². The molecule has 0 aliphatic heterocycles. The Hall–Kier alpha value is -0.206. The molecule has 0 saturated carbocycles. The van der Waals surface area contributed by atoms with Crippen LogP contribution in [0.4, 0.5) is 0 Å². The number of aryl methyl sites for hydroxylation is 1. The molecule has 8 heavy (non-hydrogen) atoms. The van der Waals surface area contributed by atoms with E-state index in [-0.39, 0.29) is 18.6 Å². The molecule has 1 heterocycles. The first-order chi connectivity index (χ1) is 3.43. The summed E-state index contributed by atoms with van der Waals surface area (Å²) in [7, 11) is 0. The van der Waals surface area contributed by atoms with Gasteiger partial charge in [0, 0.05) is 6.54 Å². The van der Waals surface area contributed by atoms with E-state index < -0.39 is 0 Å². The molecule has 0 amide bonds. The zero-order chi connectivity index (χ0) is 5.11. The zero-order valence-electron chi connectivity index (χ0n) is 4.70. The van der Waals surface area contributed by atoms with Gasteiger partial charge in [-0.2, -0.15) is 0 Å². The summed E-state index contributed by atoms with van der Waals surface area (Å²) in [6, 6.07) is 0. The first kappa shape index (κ1) is 7.79. The predicted octanol–water partition coefficient (Wildman–Crippen LogP) is 0.701. The minimum absolute atomic E-state index is 0. The Bertz CT molecular complexity index is 125. The fourth-order valence-corrected chi connectivity index (χ4v) is 0.421. The average molecular weight is 146 g/mol. The van der Waals surface area contributed by atoms with E-state index in [9.17, 15) is 0 Å². The number of imidazole rings is 1. The van der Waals surface area contributed by atoms with E-state index in [2.05, 4.69) is 18.1 Å². The maximum atomic E-state index is 3.73. The first-order valence-electron chi connectivity index (χ1n) is 2.31. The van der Waals surface area contributed by atoms with Gasteiger partial charge in [-0.05, 0) is 6.92 Å². The Morgan fingerprint density at radius 2 is 2.50 bits per heavy atom. The van der Waals surface area contributed by atoms with Crippen molar-refractivity contribution in [2.75, 3.05) is 0 Å². The number of nitrogens with zero attached hydrogens (tertiary/aromatic N) is 2. The second kappa shape index (κ2) is 3.75. The fraction of sp³-hybridized carbons (Fsp3) is 0.400. The normalized spacial score (nSPS) is 8.12. The van der Waals surface area contributed by atoms with Gasteiger partial charge in [-0.3, -0.25) is 0 Å². The Kier molecular flexibility index (Phi) is 3.66. The third-order valence-electron chi connectivity index (χ3n) is 0.869. The molecular formula is C5H7N2V+. The van der Waals surface area contributed by atoms with Crippen LogP contribution in [0.15, 0.2) is 12.5 Å². The van der Waals surface area contributed by atoms with Crippen molar-refractivity contribution in [3.05, 3.63) is 18.7 Å². The van der Waals surface area contributed by atoms with E-state index >= 15 is 0 Å². The number of aromatic nitrogens is 2. The van der Waals surface area contributed by atoms with Crippen molar-refractivity contribution in [3.8, 4) is 0 Å². The van der Waals surface area contributed by atoms with Gasteiger partial charge in [-0.15, -0.1) is 6.20 Å². The van der Waals surface area contributed by atoms with Gasteiger partial charge in [0.25, 0.3) is 0 Å². The van der Waals surface area contributed by atoms with Crippen LogP contribution in [0.3, 0.4) is 0 Å². The van der Waals surface area contributed by atoms with Crippen LogP contribution < -0.4 is 0 Å². The van der Waals surface area contributed by atoms with Gasteiger partial charge >= 0.3 is 18.6 Å². The van der Waals surface area contributed by atoms with Crippen LogP contribution in [0.5, 0.6) is 0 Å². The Labute approximate surface area is 60.8 Å². The molecule has 1 radical (unpaired) electrons. The molecule has 1 rings (SSSR count). The maximum absolute atomic E-state index is 3.73. The van der Waals surface area contributed by atoms with E-state index in [0.29, 0.717) is 0 Å². The van der Waals surface area contributed by atoms with Crippen molar-refractivity contribution in [2.45, 2.75) is 13.5 Å². The molecule has 0 spiro atoms. The Balaban J connectivity index is 0.000000490. The number of hydrogen-bond donors (Lipinski definition) is 0. The van der Waals surface area contributed by atoms with Crippen LogP contribution in [0, 0.1) is 6.20 Å². The third-order valence-corrected chi connectivity index (χ3v) is 0.869.